The van der Waals surface area contributed by atoms with Crippen LogP contribution in [0, 0.1) is 13.8 Å². The Kier molecular flexibility index (Phi) is 4.34. The van der Waals surface area contributed by atoms with E-state index in [0.717, 1.165) is 21.6 Å². The Bertz CT molecular complexity index is 830. The molecule has 0 radical (unpaired) electrons. The Labute approximate surface area is 137 Å². The van der Waals surface area contributed by atoms with Gasteiger partial charge in [-0.1, -0.05) is 28.4 Å². The molecule has 5 nitrogen and oxygen atoms in total. The molecular formula is C17H15N3O2S. The standard InChI is InChI=1S/C17H15N3O2S/c1-11-8-12(2)10-13(9-11)16-19-20-17(22-16)18-15(21)6-5-14-4-3-7-23-14/h3-10H,1-2H3,(H,18,20,21). The first-order valence-corrected chi connectivity index (χ1v) is 7.93. The first-order valence-electron chi connectivity index (χ1n) is 7.05. The van der Waals surface area contributed by atoms with E-state index < -0.39 is 0 Å². The Balaban J connectivity index is 1.70. The van der Waals surface area contributed by atoms with Crippen LogP contribution in [0.1, 0.15) is 16.0 Å². The Morgan fingerprint density at radius 2 is 2.00 bits per heavy atom. The minimum absolute atomic E-state index is 0.0833. The van der Waals surface area contributed by atoms with Crippen LogP contribution in [-0.2, 0) is 4.79 Å². The van der Waals surface area contributed by atoms with Crippen LogP contribution >= 0.6 is 11.3 Å². The summed E-state index contributed by atoms with van der Waals surface area (Å²) < 4.78 is 5.50. The minimum atomic E-state index is -0.311. The maximum Gasteiger partial charge on any atom is 0.322 e. The molecule has 3 rings (SSSR count). The van der Waals surface area contributed by atoms with E-state index in [1.807, 2.05) is 43.5 Å². The summed E-state index contributed by atoms with van der Waals surface area (Å²) in [6.45, 7) is 4.01. The number of thiophene rings is 1. The summed E-state index contributed by atoms with van der Waals surface area (Å²) in [6, 6.07) is 9.93. The summed E-state index contributed by atoms with van der Waals surface area (Å²) in [5, 5.41) is 12.3. The molecule has 0 spiro atoms. The van der Waals surface area contributed by atoms with Crippen molar-refractivity contribution in [3.05, 3.63) is 57.8 Å². The normalized spacial score (nSPS) is 11.0. The van der Waals surface area contributed by atoms with Crippen LogP contribution in [0.3, 0.4) is 0 Å². The Morgan fingerprint density at radius 1 is 1.22 bits per heavy atom. The number of nitrogens with one attached hydrogen (secondary N) is 1. The van der Waals surface area contributed by atoms with Crippen molar-refractivity contribution in [1.29, 1.82) is 0 Å². The number of hydrogen-bond acceptors (Lipinski definition) is 5. The summed E-state index contributed by atoms with van der Waals surface area (Å²) in [4.78, 5) is 12.8. The molecule has 0 saturated carbocycles. The summed E-state index contributed by atoms with van der Waals surface area (Å²) >= 11 is 1.56. The van der Waals surface area contributed by atoms with Crippen LogP contribution in [0.2, 0.25) is 0 Å². The number of carbonyl (C=O) groups is 1. The van der Waals surface area contributed by atoms with Crippen molar-refractivity contribution in [2.24, 2.45) is 0 Å². The van der Waals surface area contributed by atoms with Gasteiger partial charge in [0.1, 0.15) is 0 Å². The van der Waals surface area contributed by atoms with E-state index in [0.29, 0.717) is 5.89 Å². The van der Waals surface area contributed by atoms with Crippen LogP contribution in [0.5, 0.6) is 0 Å². The third-order valence-corrected chi connectivity index (χ3v) is 3.90. The molecule has 3 aromatic rings. The molecule has 0 fully saturated rings. The summed E-state index contributed by atoms with van der Waals surface area (Å²) in [5.41, 5.74) is 3.06. The molecular weight excluding hydrogens is 310 g/mol. The van der Waals surface area contributed by atoms with Gasteiger partial charge in [-0.15, -0.1) is 16.4 Å². The highest BCUT2D eigenvalue weighted by Crippen LogP contribution is 2.22. The third kappa shape index (κ3) is 3.92. The van der Waals surface area contributed by atoms with Crippen LogP contribution in [0.4, 0.5) is 6.01 Å². The highest BCUT2D eigenvalue weighted by molar-refractivity contribution is 7.10. The van der Waals surface area contributed by atoms with E-state index in [2.05, 4.69) is 21.6 Å². The van der Waals surface area contributed by atoms with Crippen molar-refractivity contribution in [2.45, 2.75) is 13.8 Å². The van der Waals surface area contributed by atoms with Crippen LogP contribution in [-0.4, -0.2) is 16.1 Å². The van der Waals surface area contributed by atoms with Gasteiger partial charge in [0.15, 0.2) is 0 Å². The number of benzene rings is 1. The molecule has 0 aliphatic heterocycles. The fourth-order valence-electron chi connectivity index (χ4n) is 2.18. The first-order chi connectivity index (χ1) is 11.1. The van der Waals surface area contributed by atoms with Crippen molar-refractivity contribution in [1.82, 2.24) is 10.2 Å². The van der Waals surface area contributed by atoms with Crippen molar-refractivity contribution >= 4 is 29.3 Å². The van der Waals surface area contributed by atoms with Crippen molar-refractivity contribution in [3.63, 3.8) is 0 Å². The lowest BCUT2D eigenvalue weighted by atomic mass is 10.1. The Morgan fingerprint density at radius 3 is 2.70 bits per heavy atom. The molecule has 0 bridgehead atoms. The number of carbonyl (C=O) groups excluding carboxylic acids is 1. The van der Waals surface area contributed by atoms with Gasteiger partial charge in [-0.3, -0.25) is 10.1 Å². The van der Waals surface area contributed by atoms with Gasteiger partial charge < -0.3 is 4.42 Å². The monoisotopic (exact) mass is 325 g/mol. The molecule has 1 amide bonds. The lowest BCUT2D eigenvalue weighted by Crippen LogP contribution is -2.07. The largest absolute Gasteiger partial charge is 0.403 e. The number of aryl methyl sites for hydroxylation is 2. The number of amides is 1. The van der Waals surface area contributed by atoms with Gasteiger partial charge in [0.25, 0.3) is 5.91 Å². The number of anilines is 1. The summed E-state index contributed by atoms with van der Waals surface area (Å²) in [6.07, 6.45) is 3.17. The van der Waals surface area contributed by atoms with Crippen molar-refractivity contribution < 1.29 is 9.21 Å². The fraction of sp³-hybridized carbons (Fsp3) is 0.118. The maximum atomic E-state index is 11.8. The Hall–Kier alpha value is -2.73. The third-order valence-electron chi connectivity index (χ3n) is 3.07. The fourth-order valence-corrected chi connectivity index (χ4v) is 2.80. The first kappa shape index (κ1) is 15.2. The van der Waals surface area contributed by atoms with Crippen LogP contribution in [0.25, 0.3) is 17.5 Å². The molecule has 0 unspecified atom stereocenters. The van der Waals surface area contributed by atoms with Gasteiger partial charge in [-0.05, 0) is 43.5 Å². The van der Waals surface area contributed by atoms with Gasteiger partial charge in [0.2, 0.25) is 5.89 Å². The molecule has 0 aliphatic carbocycles. The average molecular weight is 325 g/mol. The van der Waals surface area contributed by atoms with Gasteiger partial charge in [0.05, 0.1) is 0 Å². The predicted molar refractivity (Wildman–Crippen MR) is 91.2 cm³/mol. The average Bonchev–Trinajstić information content (AvgIpc) is 3.15. The van der Waals surface area contributed by atoms with Gasteiger partial charge >= 0.3 is 6.01 Å². The van der Waals surface area contributed by atoms with E-state index in [-0.39, 0.29) is 11.9 Å². The van der Waals surface area contributed by atoms with Gasteiger partial charge in [0, 0.05) is 16.5 Å². The second kappa shape index (κ2) is 6.58. The van der Waals surface area contributed by atoms with Gasteiger partial charge in [-0.25, -0.2) is 0 Å². The molecule has 2 aromatic heterocycles. The zero-order valence-corrected chi connectivity index (χ0v) is 13.6. The zero-order chi connectivity index (χ0) is 16.2. The van der Waals surface area contributed by atoms with E-state index >= 15 is 0 Å². The molecule has 1 N–H and O–H groups in total. The minimum Gasteiger partial charge on any atom is -0.403 e. The highest BCUT2D eigenvalue weighted by Gasteiger charge is 2.10. The molecule has 23 heavy (non-hydrogen) atoms. The van der Waals surface area contributed by atoms with Crippen LogP contribution < -0.4 is 5.32 Å². The maximum absolute atomic E-state index is 11.8. The number of aromatic nitrogens is 2. The van der Waals surface area contributed by atoms with Gasteiger partial charge in [-0.2, -0.15) is 0 Å². The molecule has 6 heteroatoms. The second-order valence-electron chi connectivity index (χ2n) is 5.13. The second-order valence-corrected chi connectivity index (χ2v) is 6.11. The van der Waals surface area contributed by atoms with E-state index in [9.17, 15) is 4.79 Å². The molecule has 0 atom stereocenters. The van der Waals surface area contributed by atoms with E-state index in [1.54, 1.807) is 17.4 Å². The molecule has 0 saturated heterocycles. The lowest BCUT2D eigenvalue weighted by Gasteiger charge is -2.00. The molecule has 116 valence electrons. The highest BCUT2D eigenvalue weighted by atomic mass is 32.1. The van der Waals surface area contributed by atoms with Crippen molar-refractivity contribution in [3.8, 4) is 11.5 Å². The smallest absolute Gasteiger partial charge is 0.322 e. The quantitative estimate of drug-likeness (QED) is 0.734. The van der Waals surface area contributed by atoms with E-state index in [4.69, 9.17) is 4.42 Å². The number of rotatable bonds is 4. The summed E-state index contributed by atoms with van der Waals surface area (Å²) in [5.74, 6) is 0.0726. The zero-order valence-electron chi connectivity index (χ0n) is 12.7. The SMILES string of the molecule is Cc1cc(C)cc(-c2nnc(NC(=O)C=Cc3cccs3)o2)c1. The lowest BCUT2D eigenvalue weighted by molar-refractivity contribution is -0.112. The molecule has 0 aliphatic rings. The predicted octanol–water partition coefficient (Wildman–Crippen LogP) is 4.07. The number of nitrogens with zero attached hydrogens (tertiary/aromatic N) is 2. The number of hydrogen-bond donors (Lipinski definition) is 1. The topological polar surface area (TPSA) is 68.0 Å². The van der Waals surface area contributed by atoms with Crippen molar-refractivity contribution in [2.75, 3.05) is 5.32 Å². The molecule has 1 aromatic carbocycles. The molecule has 2 heterocycles. The van der Waals surface area contributed by atoms with Crippen LogP contribution in [0.15, 0.2) is 46.2 Å². The summed E-state index contributed by atoms with van der Waals surface area (Å²) in [7, 11) is 0. The van der Waals surface area contributed by atoms with E-state index in [1.165, 1.54) is 6.08 Å².